The van der Waals surface area contributed by atoms with E-state index in [0.29, 0.717) is 9.90 Å². The monoisotopic (exact) mass is 362 g/mol. The highest BCUT2D eigenvalue weighted by Gasteiger charge is 2.24. The molecule has 0 saturated carbocycles. The molecular formula is C14H12Cl2O3S2. The van der Waals surface area contributed by atoms with Crippen LogP contribution in [0.5, 0.6) is 0 Å². The van der Waals surface area contributed by atoms with Gasteiger partial charge in [0.2, 0.25) is 0 Å². The van der Waals surface area contributed by atoms with Crippen molar-refractivity contribution in [3.05, 3.63) is 49.6 Å². The van der Waals surface area contributed by atoms with Crippen LogP contribution in [-0.4, -0.2) is 20.0 Å². The molecule has 1 aromatic carbocycles. The van der Waals surface area contributed by atoms with Crippen LogP contribution < -0.4 is 0 Å². The first kappa shape index (κ1) is 16.5. The highest BCUT2D eigenvalue weighted by molar-refractivity contribution is 7.92. The van der Waals surface area contributed by atoms with Crippen LogP contribution in [0.25, 0.3) is 0 Å². The predicted molar refractivity (Wildman–Crippen MR) is 86.6 cm³/mol. The summed E-state index contributed by atoms with van der Waals surface area (Å²) in [7, 11) is -3.71. The SMILES string of the molecule is Cc1ccc(S(=O)(=O)CC(=O)c2cc(Cl)sc2Cl)c(C)c1. The minimum Gasteiger partial charge on any atom is -0.293 e. The van der Waals surface area contributed by atoms with E-state index in [0.717, 1.165) is 16.9 Å². The second-order valence-electron chi connectivity index (χ2n) is 4.69. The number of rotatable bonds is 4. The van der Waals surface area contributed by atoms with E-state index in [4.69, 9.17) is 23.2 Å². The Labute approximate surface area is 137 Å². The molecule has 2 aromatic rings. The lowest BCUT2D eigenvalue weighted by molar-refractivity contribution is 0.102. The number of carbonyl (C=O) groups is 1. The zero-order chi connectivity index (χ0) is 15.8. The average Bonchev–Trinajstić information content (AvgIpc) is 2.67. The maximum atomic E-state index is 12.4. The van der Waals surface area contributed by atoms with Crippen LogP contribution in [0, 0.1) is 13.8 Å². The van der Waals surface area contributed by atoms with Crippen LogP contribution >= 0.6 is 34.5 Å². The normalized spacial score (nSPS) is 11.6. The van der Waals surface area contributed by atoms with Gasteiger partial charge in [-0.3, -0.25) is 4.79 Å². The molecule has 0 amide bonds. The fourth-order valence-corrected chi connectivity index (χ4v) is 4.99. The van der Waals surface area contributed by atoms with Crippen LogP contribution in [0.2, 0.25) is 8.67 Å². The van der Waals surface area contributed by atoms with Gasteiger partial charge < -0.3 is 0 Å². The van der Waals surface area contributed by atoms with Crippen LogP contribution in [0.3, 0.4) is 0 Å². The first-order chi connectivity index (χ1) is 9.70. The van der Waals surface area contributed by atoms with Gasteiger partial charge >= 0.3 is 0 Å². The summed E-state index contributed by atoms with van der Waals surface area (Å²) >= 11 is 12.7. The highest BCUT2D eigenvalue weighted by Crippen LogP contribution is 2.32. The molecule has 3 nitrogen and oxygen atoms in total. The fraction of sp³-hybridized carbons (Fsp3) is 0.214. The van der Waals surface area contributed by atoms with E-state index in [1.54, 1.807) is 19.1 Å². The minimum absolute atomic E-state index is 0.153. The molecule has 0 aliphatic rings. The molecule has 1 heterocycles. The van der Waals surface area contributed by atoms with Crippen molar-refractivity contribution in [1.29, 1.82) is 0 Å². The van der Waals surface area contributed by atoms with E-state index >= 15 is 0 Å². The summed E-state index contributed by atoms with van der Waals surface area (Å²) in [6.07, 6.45) is 0. The van der Waals surface area contributed by atoms with Gasteiger partial charge in [0.05, 0.1) is 9.23 Å². The van der Waals surface area contributed by atoms with Crippen molar-refractivity contribution in [2.45, 2.75) is 18.7 Å². The van der Waals surface area contributed by atoms with Crippen LogP contribution in [0.15, 0.2) is 29.2 Å². The third kappa shape index (κ3) is 3.66. The molecular weight excluding hydrogens is 351 g/mol. The largest absolute Gasteiger partial charge is 0.293 e. The Morgan fingerprint density at radius 3 is 2.38 bits per heavy atom. The molecule has 1 aromatic heterocycles. The van der Waals surface area contributed by atoms with Gasteiger partial charge in [-0.05, 0) is 31.5 Å². The molecule has 0 aliphatic heterocycles. The summed E-state index contributed by atoms with van der Waals surface area (Å²) in [5.41, 5.74) is 1.74. The lowest BCUT2D eigenvalue weighted by Gasteiger charge is -2.07. The molecule has 0 N–H and O–H groups in total. The summed E-state index contributed by atoms with van der Waals surface area (Å²) in [4.78, 5) is 12.3. The number of thiophene rings is 1. The summed E-state index contributed by atoms with van der Waals surface area (Å²) in [6.45, 7) is 3.58. The smallest absolute Gasteiger partial charge is 0.186 e. The van der Waals surface area contributed by atoms with Gasteiger partial charge in [-0.2, -0.15) is 0 Å². The molecule has 21 heavy (non-hydrogen) atoms. The third-order valence-corrected chi connectivity index (χ3v) is 6.20. The first-order valence-electron chi connectivity index (χ1n) is 5.99. The number of halogens is 2. The Hall–Kier alpha value is -0.880. The maximum absolute atomic E-state index is 12.4. The predicted octanol–water partition coefficient (Wildman–Crippen LogP) is 4.33. The zero-order valence-electron chi connectivity index (χ0n) is 11.3. The average molecular weight is 363 g/mol. The van der Waals surface area contributed by atoms with E-state index in [-0.39, 0.29) is 14.8 Å². The fourth-order valence-electron chi connectivity index (χ4n) is 2.01. The van der Waals surface area contributed by atoms with Crippen molar-refractivity contribution in [2.75, 3.05) is 5.75 Å². The summed E-state index contributed by atoms with van der Waals surface area (Å²) < 4.78 is 25.3. The molecule has 7 heteroatoms. The Kier molecular flexibility index (Phi) is 4.78. The van der Waals surface area contributed by atoms with Gasteiger partial charge in [-0.25, -0.2) is 8.42 Å². The van der Waals surface area contributed by atoms with Crippen molar-refractivity contribution in [3.63, 3.8) is 0 Å². The molecule has 112 valence electrons. The van der Waals surface area contributed by atoms with E-state index in [2.05, 4.69) is 0 Å². The number of hydrogen-bond acceptors (Lipinski definition) is 4. The molecule has 0 radical (unpaired) electrons. The molecule has 0 bridgehead atoms. The van der Waals surface area contributed by atoms with Crippen LogP contribution in [0.4, 0.5) is 0 Å². The number of carbonyl (C=O) groups excluding carboxylic acids is 1. The molecule has 2 rings (SSSR count). The second-order valence-corrected chi connectivity index (χ2v) is 8.93. The third-order valence-electron chi connectivity index (χ3n) is 2.94. The molecule has 0 unspecified atom stereocenters. The molecule has 0 spiro atoms. The van der Waals surface area contributed by atoms with Crippen molar-refractivity contribution in [3.8, 4) is 0 Å². The van der Waals surface area contributed by atoms with Crippen LogP contribution in [0.1, 0.15) is 21.5 Å². The maximum Gasteiger partial charge on any atom is 0.186 e. The number of hydrogen-bond donors (Lipinski definition) is 0. The van der Waals surface area contributed by atoms with Crippen LogP contribution in [-0.2, 0) is 9.84 Å². The molecule has 0 saturated heterocycles. The molecule has 0 aliphatic carbocycles. The van der Waals surface area contributed by atoms with Crippen molar-refractivity contribution in [1.82, 2.24) is 0 Å². The van der Waals surface area contributed by atoms with Gasteiger partial charge in [0, 0.05) is 5.56 Å². The standard InChI is InChI=1S/C14H12Cl2O3S2/c1-8-3-4-12(9(2)5-8)21(18,19)7-11(17)10-6-13(15)20-14(10)16/h3-6H,7H2,1-2H3. The molecule has 0 fully saturated rings. The van der Waals surface area contributed by atoms with E-state index in [1.165, 1.54) is 12.1 Å². The van der Waals surface area contributed by atoms with Gasteiger partial charge in [0.25, 0.3) is 0 Å². The quantitative estimate of drug-likeness (QED) is 0.760. The zero-order valence-corrected chi connectivity index (χ0v) is 14.5. The number of aryl methyl sites for hydroxylation is 2. The summed E-state index contributed by atoms with van der Waals surface area (Å²) in [6, 6.07) is 6.40. The number of sulfone groups is 1. The Bertz CT molecular complexity index is 808. The van der Waals surface area contributed by atoms with E-state index in [9.17, 15) is 13.2 Å². The van der Waals surface area contributed by atoms with Gasteiger partial charge in [0.1, 0.15) is 10.1 Å². The van der Waals surface area contributed by atoms with Gasteiger partial charge in [-0.1, -0.05) is 40.9 Å². The number of benzene rings is 1. The summed E-state index contributed by atoms with van der Waals surface area (Å²) in [5, 5.41) is 0. The lowest BCUT2D eigenvalue weighted by atomic mass is 10.2. The number of ketones is 1. The van der Waals surface area contributed by atoms with Gasteiger partial charge in [-0.15, -0.1) is 11.3 Å². The van der Waals surface area contributed by atoms with Gasteiger partial charge in [0.15, 0.2) is 15.6 Å². The molecule has 0 atom stereocenters. The minimum atomic E-state index is -3.71. The topological polar surface area (TPSA) is 51.2 Å². The Morgan fingerprint density at radius 1 is 1.19 bits per heavy atom. The Morgan fingerprint density at radius 2 is 1.86 bits per heavy atom. The van der Waals surface area contributed by atoms with Crippen molar-refractivity contribution in [2.24, 2.45) is 0 Å². The van der Waals surface area contributed by atoms with Crippen molar-refractivity contribution >= 4 is 50.2 Å². The first-order valence-corrected chi connectivity index (χ1v) is 9.21. The van der Waals surface area contributed by atoms with Crippen molar-refractivity contribution < 1.29 is 13.2 Å². The van der Waals surface area contributed by atoms with E-state index in [1.807, 2.05) is 6.92 Å². The second kappa shape index (κ2) is 6.08. The number of Topliss-reactive ketones (excluding diaryl/α,β-unsaturated/α-hetero) is 1. The lowest BCUT2D eigenvalue weighted by Crippen LogP contribution is -2.17. The highest BCUT2D eigenvalue weighted by atomic mass is 35.5. The summed E-state index contributed by atoms with van der Waals surface area (Å²) in [5.74, 6) is -1.17. The Balaban J connectivity index is 2.33. The van der Waals surface area contributed by atoms with E-state index < -0.39 is 21.4 Å².